The van der Waals surface area contributed by atoms with Crippen LogP contribution < -0.4 is 0 Å². The van der Waals surface area contributed by atoms with Gasteiger partial charge in [-0.3, -0.25) is 0 Å². The summed E-state index contributed by atoms with van der Waals surface area (Å²) >= 11 is 0. The van der Waals surface area contributed by atoms with E-state index in [4.69, 9.17) is 0 Å². The normalized spacial score (nSPS) is 11.8. The van der Waals surface area contributed by atoms with Gasteiger partial charge in [0.1, 0.15) is 0 Å². The number of rotatable bonds is 91. The van der Waals surface area contributed by atoms with E-state index in [2.05, 4.69) is 13.8 Å². The fraction of sp³-hybridized carbons (Fsp3) is 1.00. The van der Waals surface area contributed by atoms with Gasteiger partial charge in [0.2, 0.25) is 0 Å². The first-order valence-corrected chi connectivity index (χ1v) is 46.9. The summed E-state index contributed by atoms with van der Waals surface area (Å²) in [6.45, 7) is 4.63. The van der Waals surface area contributed by atoms with Gasteiger partial charge in [0.05, 0.1) is 0 Å². The molecule has 0 aromatic rings. The summed E-state index contributed by atoms with van der Waals surface area (Å²) in [4.78, 5) is 0. The fourth-order valence-corrected chi connectivity index (χ4v) is 16.1. The van der Waals surface area contributed by atoms with Crippen molar-refractivity contribution in [2.75, 3.05) is 0 Å². The lowest BCUT2D eigenvalue weighted by Gasteiger charge is -2.05. The average Bonchev–Trinajstić information content (AvgIpc) is 3.59. The Bertz CT molecular complexity index is 1110. The molecule has 0 aromatic carbocycles. The van der Waals surface area contributed by atoms with E-state index in [-0.39, 0.29) is 0 Å². The molecule has 0 amide bonds. The van der Waals surface area contributed by atoms with Crippen molar-refractivity contribution in [1.82, 2.24) is 0 Å². The van der Waals surface area contributed by atoms with Crippen LogP contribution >= 0.6 is 0 Å². The largest absolute Gasteiger partial charge is 0.0654 e. The SMILES string of the molecule is CCCCCCCCCCCCCCCCCCCCCCCCCCCCCCCCCCCCCCCCCCCCCCCCCCCCCCCCCCCCCCCCCCCCCCCCCCCCCCCCCCCCCCCCCCCCCC. The summed E-state index contributed by atoms with van der Waals surface area (Å²) in [5, 5.41) is 0. The summed E-state index contributed by atoms with van der Waals surface area (Å²) in [6.07, 6.45) is 137. The molecule has 94 heavy (non-hydrogen) atoms. The van der Waals surface area contributed by atoms with Gasteiger partial charge >= 0.3 is 0 Å². The maximum atomic E-state index is 2.32. The molecule has 0 fully saturated rings. The van der Waals surface area contributed by atoms with Crippen LogP contribution in [0.15, 0.2) is 0 Å². The van der Waals surface area contributed by atoms with Gasteiger partial charge in [-0.1, -0.05) is 605 Å². The Morgan fingerprint density at radius 3 is 0.117 bits per heavy atom. The summed E-state index contributed by atoms with van der Waals surface area (Å²) in [5.41, 5.74) is 0. The lowest BCUT2D eigenvalue weighted by molar-refractivity contribution is 0.505. The highest BCUT2D eigenvalue weighted by molar-refractivity contribution is 4.59. The summed E-state index contributed by atoms with van der Waals surface area (Å²) < 4.78 is 0. The van der Waals surface area contributed by atoms with Crippen LogP contribution in [-0.4, -0.2) is 0 Å². The third-order valence-electron chi connectivity index (χ3n) is 23.0. The molecule has 566 valence electrons. The second kappa shape index (κ2) is 93.0. The van der Waals surface area contributed by atoms with Gasteiger partial charge in [-0.05, 0) is 0 Å². The Labute approximate surface area is 601 Å². The van der Waals surface area contributed by atoms with Crippen molar-refractivity contribution in [1.29, 1.82) is 0 Å². The predicted octanol–water partition coefficient (Wildman–Crippen LogP) is 36.9. The van der Waals surface area contributed by atoms with Gasteiger partial charge in [-0.15, -0.1) is 0 Å². The van der Waals surface area contributed by atoms with E-state index in [1.54, 1.807) is 0 Å². The van der Waals surface area contributed by atoms with E-state index in [0.29, 0.717) is 0 Å². The Balaban J connectivity index is 3.09. The minimum absolute atomic E-state index is 1.37. The highest BCUT2D eigenvalue weighted by atomic mass is 14.1. The molecule has 0 nitrogen and oxygen atoms in total. The maximum absolute atomic E-state index is 2.32. The number of unbranched alkanes of at least 4 members (excludes halogenated alkanes) is 91. The Morgan fingerprint density at radius 1 is 0.0532 bits per heavy atom. The van der Waals surface area contributed by atoms with Crippen molar-refractivity contribution in [3.05, 3.63) is 0 Å². The van der Waals surface area contributed by atoms with Gasteiger partial charge in [0, 0.05) is 0 Å². The van der Waals surface area contributed by atoms with Crippen molar-refractivity contribution in [2.45, 2.75) is 605 Å². The molecule has 0 spiro atoms. The topological polar surface area (TPSA) is 0 Å². The second-order valence-electron chi connectivity index (χ2n) is 32.8. The van der Waals surface area contributed by atoms with Gasteiger partial charge < -0.3 is 0 Å². The first-order valence-electron chi connectivity index (χ1n) is 46.9. The molecule has 0 N–H and O–H groups in total. The lowest BCUT2D eigenvalue weighted by atomic mass is 10.0. The van der Waals surface area contributed by atoms with Crippen molar-refractivity contribution in [2.24, 2.45) is 0 Å². The molecule has 0 aromatic heterocycles. The van der Waals surface area contributed by atoms with Crippen LogP contribution in [0.5, 0.6) is 0 Å². The Morgan fingerprint density at radius 2 is 0.0851 bits per heavy atom. The molecular formula is C94H190. The zero-order chi connectivity index (χ0) is 67.1. The predicted molar refractivity (Wildman–Crippen MR) is 436 cm³/mol. The van der Waals surface area contributed by atoms with Crippen molar-refractivity contribution < 1.29 is 0 Å². The van der Waals surface area contributed by atoms with Crippen LogP contribution in [0.25, 0.3) is 0 Å². The molecular weight excluding hydrogens is 1130 g/mol. The summed E-state index contributed by atoms with van der Waals surface area (Å²) in [7, 11) is 0. The molecule has 0 radical (unpaired) electrons. The van der Waals surface area contributed by atoms with Gasteiger partial charge in [-0.25, -0.2) is 0 Å². The van der Waals surface area contributed by atoms with E-state index < -0.39 is 0 Å². The standard InChI is InChI=1S/C94H190/c1-3-5-7-9-11-13-15-17-19-21-23-25-27-29-31-33-35-37-39-41-43-45-47-49-51-53-55-57-59-61-63-65-67-69-71-73-75-77-79-81-83-85-87-89-91-93-94-92-90-88-86-84-82-80-78-76-74-72-70-68-66-64-62-60-58-56-54-52-50-48-46-44-42-40-38-36-34-32-30-28-26-24-22-20-18-16-14-12-10-8-6-4-2/h3-94H2,1-2H3. The molecule has 0 saturated heterocycles. The molecule has 0 heterocycles. The first kappa shape index (κ1) is 94.0. The van der Waals surface area contributed by atoms with Crippen molar-refractivity contribution in [3.8, 4) is 0 Å². The quantitative estimate of drug-likeness (QED) is 0.0533. The molecule has 0 unspecified atom stereocenters. The van der Waals surface area contributed by atoms with Gasteiger partial charge in [0.15, 0.2) is 0 Å². The molecule has 0 aliphatic carbocycles. The molecule has 0 bridgehead atoms. The fourth-order valence-electron chi connectivity index (χ4n) is 16.1. The van der Waals surface area contributed by atoms with Crippen molar-refractivity contribution >= 4 is 0 Å². The Kier molecular flexibility index (Phi) is 93.0. The highest BCUT2D eigenvalue weighted by Gasteiger charge is 2.03. The maximum Gasteiger partial charge on any atom is -0.0533 e. The van der Waals surface area contributed by atoms with Crippen LogP contribution in [-0.2, 0) is 0 Å². The monoisotopic (exact) mass is 1320 g/mol. The highest BCUT2D eigenvalue weighted by Crippen LogP contribution is 2.23. The van der Waals surface area contributed by atoms with E-state index >= 15 is 0 Å². The molecule has 0 saturated carbocycles. The third-order valence-corrected chi connectivity index (χ3v) is 23.0. The van der Waals surface area contributed by atoms with Crippen LogP contribution in [0, 0.1) is 0 Å². The lowest BCUT2D eigenvalue weighted by Crippen LogP contribution is -1.85. The van der Waals surface area contributed by atoms with E-state index in [1.807, 2.05) is 0 Å². The molecule has 0 heteroatoms. The Hall–Kier alpha value is 0. The minimum atomic E-state index is 1.37. The number of hydrogen-bond acceptors (Lipinski definition) is 0. The van der Waals surface area contributed by atoms with Gasteiger partial charge in [0.25, 0.3) is 0 Å². The van der Waals surface area contributed by atoms with Crippen LogP contribution in [0.1, 0.15) is 605 Å². The first-order chi connectivity index (χ1) is 46.9. The van der Waals surface area contributed by atoms with Crippen molar-refractivity contribution in [3.63, 3.8) is 0 Å². The van der Waals surface area contributed by atoms with Crippen LogP contribution in [0.3, 0.4) is 0 Å². The second-order valence-corrected chi connectivity index (χ2v) is 32.8. The van der Waals surface area contributed by atoms with Crippen LogP contribution in [0.2, 0.25) is 0 Å². The zero-order valence-electron chi connectivity index (χ0n) is 67.1. The summed E-state index contributed by atoms with van der Waals surface area (Å²) in [6, 6.07) is 0. The molecule has 0 rings (SSSR count). The minimum Gasteiger partial charge on any atom is -0.0654 e. The molecule has 0 aliphatic heterocycles. The summed E-state index contributed by atoms with van der Waals surface area (Å²) in [5.74, 6) is 0. The zero-order valence-corrected chi connectivity index (χ0v) is 67.1. The average molecular weight is 1320 g/mol. The molecule has 0 aliphatic rings. The molecule has 0 atom stereocenters. The van der Waals surface area contributed by atoms with E-state index in [0.717, 1.165) is 0 Å². The third kappa shape index (κ3) is 92.0. The number of hydrogen-bond donors (Lipinski definition) is 0. The smallest absolute Gasteiger partial charge is 0.0533 e. The van der Waals surface area contributed by atoms with Gasteiger partial charge in [-0.2, -0.15) is 0 Å². The van der Waals surface area contributed by atoms with E-state index in [1.165, 1.54) is 591 Å². The van der Waals surface area contributed by atoms with E-state index in [9.17, 15) is 0 Å². The van der Waals surface area contributed by atoms with Crippen LogP contribution in [0.4, 0.5) is 0 Å².